The Balaban J connectivity index is 1.82. The third-order valence-electron chi connectivity index (χ3n) is 4.30. The minimum atomic E-state index is -3.59. The zero-order valence-corrected chi connectivity index (χ0v) is 15.0. The largest absolute Gasteiger partial charge is 0.322 e. The van der Waals surface area contributed by atoms with Gasteiger partial charge in [-0.3, -0.25) is 4.79 Å². The van der Waals surface area contributed by atoms with Crippen LogP contribution in [-0.4, -0.2) is 31.7 Å². The predicted molar refractivity (Wildman–Crippen MR) is 98.2 cm³/mol. The summed E-state index contributed by atoms with van der Waals surface area (Å²) >= 11 is 0. The van der Waals surface area contributed by atoms with Crippen LogP contribution in [0.5, 0.6) is 0 Å². The molecule has 0 atom stereocenters. The fraction of sp³-hybridized carbons (Fsp3) is 0.263. The first-order valence-corrected chi connectivity index (χ1v) is 9.86. The summed E-state index contributed by atoms with van der Waals surface area (Å²) in [5, 5.41) is 11.6. The molecule has 134 valence electrons. The van der Waals surface area contributed by atoms with E-state index in [0.29, 0.717) is 24.3 Å². The maximum absolute atomic E-state index is 12.8. The molecule has 0 unspecified atom stereocenters. The standard InChI is InChI=1S/C19H19N3O3S/c20-14-15-6-4-8-17(12-15)21-19(23)16-7-5-9-18(13-16)26(24,25)22-10-2-1-3-11-22/h4-9,12-13H,1-3,10-11H2,(H,21,23). The highest BCUT2D eigenvalue weighted by atomic mass is 32.2. The van der Waals surface area contributed by atoms with Crippen LogP contribution in [0.3, 0.4) is 0 Å². The average Bonchev–Trinajstić information content (AvgIpc) is 2.69. The van der Waals surface area contributed by atoms with E-state index in [1.165, 1.54) is 16.4 Å². The summed E-state index contributed by atoms with van der Waals surface area (Å²) in [6.07, 6.45) is 2.75. The van der Waals surface area contributed by atoms with Crippen LogP contribution in [0.2, 0.25) is 0 Å². The van der Waals surface area contributed by atoms with Gasteiger partial charge >= 0.3 is 0 Å². The lowest BCUT2D eigenvalue weighted by Crippen LogP contribution is -2.35. The van der Waals surface area contributed by atoms with E-state index in [0.717, 1.165) is 19.3 Å². The molecule has 3 rings (SSSR count). The highest BCUT2D eigenvalue weighted by molar-refractivity contribution is 7.89. The third-order valence-corrected chi connectivity index (χ3v) is 6.19. The SMILES string of the molecule is N#Cc1cccc(NC(=O)c2cccc(S(=O)(=O)N3CCCCC3)c2)c1. The fourth-order valence-corrected chi connectivity index (χ4v) is 4.49. The Labute approximate surface area is 153 Å². The van der Waals surface area contributed by atoms with E-state index >= 15 is 0 Å². The Morgan fingerprint density at radius 3 is 2.50 bits per heavy atom. The number of sulfonamides is 1. The van der Waals surface area contributed by atoms with Crippen molar-refractivity contribution in [3.63, 3.8) is 0 Å². The van der Waals surface area contributed by atoms with E-state index in [-0.39, 0.29) is 10.5 Å². The van der Waals surface area contributed by atoms with Crippen molar-refractivity contribution in [3.8, 4) is 6.07 Å². The van der Waals surface area contributed by atoms with Crippen LogP contribution >= 0.6 is 0 Å². The molecule has 7 heteroatoms. The van der Waals surface area contributed by atoms with Crippen LogP contribution < -0.4 is 5.32 Å². The fourth-order valence-electron chi connectivity index (χ4n) is 2.92. The number of hydrogen-bond acceptors (Lipinski definition) is 4. The second kappa shape index (κ2) is 7.68. The van der Waals surface area contributed by atoms with Crippen molar-refractivity contribution in [1.82, 2.24) is 4.31 Å². The monoisotopic (exact) mass is 369 g/mol. The number of carbonyl (C=O) groups excluding carboxylic acids is 1. The summed E-state index contributed by atoms with van der Waals surface area (Å²) in [4.78, 5) is 12.6. The van der Waals surface area contributed by atoms with E-state index in [4.69, 9.17) is 5.26 Å². The van der Waals surface area contributed by atoms with Gasteiger partial charge in [0.05, 0.1) is 16.5 Å². The van der Waals surface area contributed by atoms with E-state index < -0.39 is 15.9 Å². The van der Waals surface area contributed by atoms with Crippen LogP contribution in [0.1, 0.15) is 35.2 Å². The molecule has 0 spiro atoms. The molecule has 2 aromatic rings. The van der Waals surface area contributed by atoms with Crippen molar-refractivity contribution in [1.29, 1.82) is 5.26 Å². The van der Waals surface area contributed by atoms with Gasteiger partial charge in [-0.15, -0.1) is 0 Å². The summed E-state index contributed by atoms with van der Waals surface area (Å²) < 4.78 is 27.0. The molecular formula is C19H19N3O3S. The van der Waals surface area contributed by atoms with Crippen LogP contribution in [-0.2, 0) is 10.0 Å². The third kappa shape index (κ3) is 3.93. The van der Waals surface area contributed by atoms with E-state index in [9.17, 15) is 13.2 Å². The van der Waals surface area contributed by atoms with E-state index in [1.54, 1.807) is 36.4 Å². The van der Waals surface area contributed by atoms with Crippen molar-refractivity contribution in [2.75, 3.05) is 18.4 Å². The number of nitriles is 1. The molecule has 1 saturated heterocycles. The number of carbonyl (C=O) groups is 1. The van der Waals surface area contributed by atoms with Gasteiger partial charge < -0.3 is 5.32 Å². The predicted octanol–water partition coefficient (Wildman–Crippen LogP) is 2.99. The Bertz CT molecular complexity index is 958. The van der Waals surface area contributed by atoms with Gasteiger partial charge in [0.1, 0.15) is 0 Å². The zero-order valence-electron chi connectivity index (χ0n) is 14.2. The van der Waals surface area contributed by atoms with E-state index in [2.05, 4.69) is 5.32 Å². The Morgan fingerprint density at radius 2 is 1.77 bits per heavy atom. The molecule has 6 nitrogen and oxygen atoms in total. The number of rotatable bonds is 4. The number of benzene rings is 2. The van der Waals surface area contributed by atoms with Gasteiger partial charge in [-0.1, -0.05) is 18.6 Å². The number of piperidine rings is 1. The zero-order chi connectivity index (χ0) is 18.6. The molecular weight excluding hydrogens is 350 g/mol. The van der Waals surface area contributed by atoms with Crippen molar-refractivity contribution in [2.45, 2.75) is 24.2 Å². The lowest BCUT2D eigenvalue weighted by atomic mass is 10.2. The number of nitrogens with one attached hydrogen (secondary N) is 1. The summed E-state index contributed by atoms with van der Waals surface area (Å²) in [5.74, 6) is -0.421. The number of anilines is 1. The van der Waals surface area contributed by atoms with Crippen molar-refractivity contribution >= 4 is 21.6 Å². The summed E-state index contributed by atoms with van der Waals surface area (Å²) in [7, 11) is -3.59. The first-order chi connectivity index (χ1) is 12.5. The number of hydrogen-bond donors (Lipinski definition) is 1. The molecule has 0 aliphatic carbocycles. The molecule has 0 bridgehead atoms. The lowest BCUT2D eigenvalue weighted by molar-refractivity contribution is 0.102. The topological polar surface area (TPSA) is 90.3 Å². The Morgan fingerprint density at radius 1 is 1.04 bits per heavy atom. The molecule has 1 heterocycles. The van der Waals surface area contributed by atoms with Gasteiger partial charge in [0.2, 0.25) is 10.0 Å². The first kappa shape index (κ1) is 18.1. The Hall–Kier alpha value is -2.69. The van der Waals surface area contributed by atoms with Crippen molar-refractivity contribution in [3.05, 3.63) is 59.7 Å². The minimum absolute atomic E-state index is 0.123. The first-order valence-electron chi connectivity index (χ1n) is 8.42. The second-order valence-corrected chi connectivity index (χ2v) is 8.08. The molecule has 1 aliphatic heterocycles. The second-order valence-electron chi connectivity index (χ2n) is 6.14. The van der Waals surface area contributed by atoms with Crippen LogP contribution in [0.15, 0.2) is 53.4 Å². The molecule has 1 fully saturated rings. The number of amides is 1. The highest BCUT2D eigenvalue weighted by Crippen LogP contribution is 2.22. The van der Waals surface area contributed by atoms with Crippen LogP contribution in [0, 0.1) is 11.3 Å². The van der Waals surface area contributed by atoms with E-state index in [1.807, 2.05) is 6.07 Å². The normalized spacial score (nSPS) is 15.2. The maximum atomic E-state index is 12.8. The Kier molecular flexibility index (Phi) is 5.35. The molecule has 26 heavy (non-hydrogen) atoms. The van der Waals surface area contributed by atoms with Crippen LogP contribution in [0.25, 0.3) is 0 Å². The van der Waals surface area contributed by atoms with Crippen molar-refractivity contribution < 1.29 is 13.2 Å². The van der Waals surface area contributed by atoms with Gasteiger partial charge in [-0.25, -0.2) is 8.42 Å². The molecule has 0 aromatic heterocycles. The van der Waals surface area contributed by atoms with Crippen molar-refractivity contribution in [2.24, 2.45) is 0 Å². The van der Waals surface area contributed by atoms with Gasteiger partial charge in [-0.05, 0) is 49.2 Å². The molecule has 0 saturated carbocycles. The quantitative estimate of drug-likeness (QED) is 0.897. The molecule has 1 N–H and O–H groups in total. The van der Waals surface area contributed by atoms with Gasteiger partial charge in [0.15, 0.2) is 0 Å². The average molecular weight is 369 g/mol. The van der Waals surface area contributed by atoms with Gasteiger partial charge in [-0.2, -0.15) is 9.57 Å². The molecule has 0 radical (unpaired) electrons. The molecule has 1 amide bonds. The number of nitrogens with zero attached hydrogens (tertiary/aromatic N) is 2. The molecule has 1 aliphatic rings. The van der Waals surface area contributed by atoms with Crippen LogP contribution in [0.4, 0.5) is 5.69 Å². The highest BCUT2D eigenvalue weighted by Gasteiger charge is 2.26. The maximum Gasteiger partial charge on any atom is 0.255 e. The minimum Gasteiger partial charge on any atom is -0.322 e. The smallest absolute Gasteiger partial charge is 0.255 e. The lowest BCUT2D eigenvalue weighted by Gasteiger charge is -2.26. The van der Waals surface area contributed by atoms with Gasteiger partial charge in [0.25, 0.3) is 5.91 Å². The summed E-state index contributed by atoms with van der Waals surface area (Å²) in [6, 6.07) is 14.6. The summed E-state index contributed by atoms with van der Waals surface area (Å²) in [6.45, 7) is 1.03. The van der Waals surface area contributed by atoms with Gasteiger partial charge in [0, 0.05) is 24.3 Å². The summed E-state index contributed by atoms with van der Waals surface area (Å²) in [5.41, 5.74) is 1.17. The molecule has 2 aromatic carbocycles.